The zero-order valence-electron chi connectivity index (χ0n) is 19.2. The minimum Gasteiger partial charge on any atom is -0.363 e. The second kappa shape index (κ2) is 8.07. The monoisotopic (exact) mass is 501 g/mol. The zero-order chi connectivity index (χ0) is 23.6. The standard InChI is InChI=1S/C23H28ClN7O2S/c1-13-7-18-17(11-31(13)19-8-20(24)28-22-16(19)5-6-25-22)23(27-12-26-18)30-9-14-3-4-15(10-30)21(14)29-34(2,32)33/h5-6,8,12-15,21,29H,3-4,7,9-11H2,1-2H3,(H,25,28). The van der Waals surface area contributed by atoms with E-state index in [0.29, 0.717) is 11.7 Å². The predicted octanol–water partition coefficient (Wildman–Crippen LogP) is 2.72. The Hall–Kier alpha value is -2.43. The molecule has 6 rings (SSSR count). The maximum absolute atomic E-state index is 11.9. The number of anilines is 2. The minimum atomic E-state index is -3.23. The Kier molecular flexibility index (Phi) is 5.23. The van der Waals surface area contributed by atoms with Gasteiger partial charge in [-0.15, -0.1) is 0 Å². The van der Waals surface area contributed by atoms with Gasteiger partial charge in [-0.3, -0.25) is 0 Å². The molecule has 2 fully saturated rings. The van der Waals surface area contributed by atoms with Gasteiger partial charge in [0.15, 0.2) is 0 Å². The molecule has 2 N–H and O–H groups in total. The van der Waals surface area contributed by atoms with Crippen molar-refractivity contribution in [3.05, 3.63) is 41.1 Å². The average molecular weight is 502 g/mol. The van der Waals surface area contributed by atoms with E-state index < -0.39 is 10.0 Å². The number of nitrogens with zero attached hydrogens (tertiary/aromatic N) is 5. The van der Waals surface area contributed by atoms with Crippen molar-refractivity contribution in [2.75, 3.05) is 29.1 Å². The molecule has 2 aliphatic heterocycles. The lowest BCUT2D eigenvalue weighted by Gasteiger charge is -2.42. The van der Waals surface area contributed by atoms with Crippen molar-refractivity contribution in [1.82, 2.24) is 24.7 Å². The molecular weight excluding hydrogens is 474 g/mol. The molecule has 1 saturated heterocycles. The molecule has 0 radical (unpaired) electrons. The highest BCUT2D eigenvalue weighted by Gasteiger charge is 2.44. The Morgan fingerprint density at radius 3 is 2.71 bits per heavy atom. The van der Waals surface area contributed by atoms with Gasteiger partial charge in [0.05, 0.1) is 17.6 Å². The number of pyridine rings is 1. The SMILES string of the molecule is CC1Cc2ncnc(N3CC4CCC(C3)C4NS(C)(=O)=O)c2CN1c1cc(Cl)nc2[nH]ccc12. The highest BCUT2D eigenvalue weighted by molar-refractivity contribution is 7.88. The second-order valence-electron chi connectivity index (χ2n) is 9.93. The van der Waals surface area contributed by atoms with Crippen LogP contribution >= 0.6 is 11.6 Å². The van der Waals surface area contributed by atoms with E-state index in [2.05, 4.69) is 36.4 Å². The molecule has 0 spiro atoms. The van der Waals surface area contributed by atoms with Gasteiger partial charge in [-0.1, -0.05) is 11.6 Å². The summed E-state index contributed by atoms with van der Waals surface area (Å²) in [4.78, 5) is 21.7. The van der Waals surface area contributed by atoms with Crippen molar-refractivity contribution >= 4 is 44.2 Å². The van der Waals surface area contributed by atoms with Gasteiger partial charge in [0.1, 0.15) is 22.9 Å². The number of fused-ring (bicyclic) bond motifs is 4. The van der Waals surface area contributed by atoms with Crippen LogP contribution in [0.25, 0.3) is 11.0 Å². The molecule has 3 aromatic rings. The minimum absolute atomic E-state index is 0.0151. The van der Waals surface area contributed by atoms with Gasteiger partial charge in [-0.25, -0.2) is 28.1 Å². The summed E-state index contributed by atoms with van der Waals surface area (Å²) in [6.07, 6.45) is 7.70. The molecule has 3 unspecified atom stereocenters. The van der Waals surface area contributed by atoms with Crippen LogP contribution in [0.2, 0.25) is 5.15 Å². The number of sulfonamides is 1. The molecule has 3 atom stereocenters. The lowest BCUT2D eigenvalue weighted by Crippen LogP contribution is -2.53. The summed E-state index contributed by atoms with van der Waals surface area (Å²) >= 11 is 6.36. The molecule has 9 nitrogen and oxygen atoms in total. The molecule has 1 saturated carbocycles. The van der Waals surface area contributed by atoms with Crippen molar-refractivity contribution < 1.29 is 8.42 Å². The summed E-state index contributed by atoms with van der Waals surface area (Å²) in [5.74, 6) is 1.55. The van der Waals surface area contributed by atoms with E-state index in [1.165, 1.54) is 6.26 Å². The summed E-state index contributed by atoms with van der Waals surface area (Å²) in [7, 11) is -3.23. The van der Waals surface area contributed by atoms with Crippen LogP contribution in [0.4, 0.5) is 11.5 Å². The number of nitrogens with one attached hydrogen (secondary N) is 2. The maximum Gasteiger partial charge on any atom is 0.208 e. The number of aromatic nitrogens is 4. The Bertz CT molecular complexity index is 1350. The first-order valence-corrected chi connectivity index (χ1v) is 14.0. The van der Waals surface area contributed by atoms with Crippen LogP contribution in [0.1, 0.15) is 31.0 Å². The number of aromatic amines is 1. The summed E-state index contributed by atoms with van der Waals surface area (Å²) in [5.41, 5.74) is 4.07. The van der Waals surface area contributed by atoms with Crippen LogP contribution in [0.3, 0.4) is 0 Å². The molecule has 11 heteroatoms. The topological polar surface area (TPSA) is 107 Å². The second-order valence-corrected chi connectivity index (χ2v) is 12.1. The first-order valence-electron chi connectivity index (χ1n) is 11.7. The van der Waals surface area contributed by atoms with Crippen molar-refractivity contribution in [2.45, 2.75) is 44.8 Å². The van der Waals surface area contributed by atoms with E-state index >= 15 is 0 Å². The first-order chi connectivity index (χ1) is 16.3. The van der Waals surface area contributed by atoms with Crippen molar-refractivity contribution in [3.63, 3.8) is 0 Å². The number of H-pyrrole nitrogens is 1. The Morgan fingerprint density at radius 1 is 1.21 bits per heavy atom. The molecule has 3 aliphatic rings. The Morgan fingerprint density at radius 2 is 1.97 bits per heavy atom. The van der Waals surface area contributed by atoms with Crippen molar-refractivity contribution in [1.29, 1.82) is 0 Å². The van der Waals surface area contributed by atoms with Crippen LogP contribution in [0, 0.1) is 11.8 Å². The third kappa shape index (κ3) is 3.81. The lowest BCUT2D eigenvalue weighted by molar-refractivity contribution is 0.330. The maximum atomic E-state index is 11.9. The Balaban J connectivity index is 1.33. The van der Waals surface area contributed by atoms with Gasteiger partial charge < -0.3 is 14.8 Å². The third-order valence-electron chi connectivity index (χ3n) is 7.63. The summed E-state index contributed by atoms with van der Waals surface area (Å²) < 4.78 is 26.7. The average Bonchev–Trinajstić information content (AvgIpc) is 3.31. The number of hydrogen-bond acceptors (Lipinski definition) is 7. The molecule has 3 aromatic heterocycles. The van der Waals surface area contributed by atoms with Crippen molar-refractivity contribution in [3.8, 4) is 0 Å². The number of halogens is 1. The van der Waals surface area contributed by atoms with Crippen molar-refractivity contribution in [2.24, 2.45) is 11.8 Å². The fraction of sp³-hybridized carbons (Fsp3) is 0.522. The molecule has 180 valence electrons. The highest BCUT2D eigenvalue weighted by atomic mass is 35.5. The van der Waals surface area contributed by atoms with Gasteiger partial charge in [-0.05, 0) is 43.7 Å². The van der Waals surface area contributed by atoms with E-state index in [0.717, 1.165) is 66.1 Å². The lowest BCUT2D eigenvalue weighted by atomic mass is 9.92. The largest absolute Gasteiger partial charge is 0.363 e. The molecule has 2 bridgehead atoms. The first kappa shape index (κ1) is 22.1. The summed E-state index contributed by atoms with van der Waals surface area (Å²) in [6.45, 7) is 4.49. The fourth-order valence-corrected chi connectivity index (χ4v) is 7.22. The van der Waals surface area contributed by atoms with Crippen LogP contribution in [0.15, 0.2) is 24.7 Å². The number of hydrogen-bond donors (Lipinski definition) is 2. The molecule has 5 heterocycles. The Labute approximate surface area is 204 Å². The van der Waals surface area contributed by atoms with Crippen LogP contribution < -0.4 is 14.5 Å². The molecule has 34 heavy (non-hydrogen) atoms. The molecule has 0 amide bonds. The van der Waals surface area contributed by atoms with E-state index in [1.54, 1.807) is 6.33 Å². The predicted molar refractivity (Wildman–Crippen MR) is 133 cm³/mol. The summed E-state index contributed by atoms with van der Waals surface area (Å²) in [6, 6.07) is 4.23. The van der Waals surface area contributed by atoms with E-state index in [-0.39, 0.29) is 23.9 Å². The van der Waals surface area contributed by atoms with E-state index in [1.807, 2.05) is 18.3 Å². The van der Waals surface area contributed by atoms with Crippen LogP contribution in [0.5, 0.6) is 0 Å². The zero-order valence-corrected chi connectivity index (χ0v) is 20.8. The van der Waals surface area contributed by atoms with Gasteiger partial charge in [0.25, 0.3) is 0 Å². The van der Waals surface area contributed by atoms with Gasteiger partial charge in [0.2, 0.25) is 10.0 Å². The normalized spacial score (nSPS) is 26.8. The van der Waals surface area contributed by atoms with Gasteiger partial charge >= 0.3 is 0 Å². The fourth-order valence-electron chi connectivity index (χ4n) is 6.15. The number of rotatable bonds is 4. The quantitative estimate of drug-likeness (QED) is 0.529. The van der Waals surface area contributed by atoms with E-state index in [9.17, 15) is 8.42 Å². The van der Waals surface area contributed by atoms with Gasteiger partial charge in [-0.2, -0.15) is 0 Å². The smallest absolute Gasteiger partial charge is 0.208 e. The van der Waals surface area contributed by atoms with E-state index in [4.69, 9.17) is 16.6 Å². The molecule has 1 aliphatic carbocycles. The highest BCUT2D eigenvalue weighted by Crippen LogP contribution is 2.41. The number of piperidine rings is 1. The summed E-state index contributed by atoms with van der Waals surface area (Å²) in [5, 5.41) is 1.51. The molecule has 0 aromatic carbocycles. The van der Waals surface area contributed by atoms with Gasteiger partial charge in [0, 0.05) is 55.3 Å². The van der Waals surface area contributed by atoms with Crippen LogP contribution in [-0.4, -0.2) is 59.8 Å². The third-order valence-corrected chi connectivity index (χ3v) is 8.52. The van der Waals surface area contributed by atoms with Crippen LogP contribution in [-0.2, 0) is 23.0 Å². The molecular formula is C23H28ClN7O2S.